The lowest BCUT2D eigenvalue weighted by Crippen LogP contribution is -2.88. The van der Waals surface area contributed by atoms with Crippen LogP contribution in [0.2, 0.25) is 5.02 Å². The molecule has 0 amide bonds. The van der Waals surface area contributed by atoms with E-state index in [1.807, 2.05) is 31.2 Å². The van der Waals surface area contributed by atoms with Crippen LogP contribution in [0.5, 0.6) is 0 Å². The fourth-order valence-corrected chi connectivity index (χ4v) is 1.96. The van der Waals surface area contributed by atoms with Gasteiger partial charge in [-0.05, 0) is 24.6 Å². The first-order valence-electron chi connectivity index (χ1n) is 6.53. The number of halogens is 1. The summed E-state index contributed by atoms with van der Waals surface area (Å²) in [6, 6.07) is 8.36. The molecule has 0 bridgehead atoms. The first kappa shape index (κ1) is 13.8. The Bertz CT molecular complexity index is 365. The highest BCUT2D eigenvalue weighted by atomic mass is 35.5. The van der Waals surface area contributed by atoms with Crippen molar-refractivity contribution in [3.05, 3.63) is 34.9 Å². The van der Waals surface area contributed by atoms with Gasteiger partial charge in [-0.3, -0.25) is 0 Å². The number of nitrogens with two attached hydrogens (primary N) is 1. The minimum atomic E-state index is -0.389. The molecule has 1 aromatic carbocycles. The minimum absolute atomic E-state index is 0.0159. The van der Waals surface area contributed by atoms with E-state index in [4.69, 9.17) is 16.3 Å². The molecule has 18 heavy (non-hydrogen) atoms. The summed E-state index contributed by atoms with van der Waals surface area (Å²) in [6.07, 6.45) is 2.17. The smallest absolute Gasteiger partial charge is 0.126 e. The van der Waals surface area contributed by atoms with Gasteiger partial charge in [0.2, 0.25) is 0 Å². The fourth-order valence-electron chi connectivity index (χ4n) is 1.83. The predicted octanol–water partition coefficient (Wildman–Crippen LogP) is 1.50. The van der Waals surface area contributed by atoms with Crippen LogP contribution in [0.4, 0.5) is 0 Å². The van der Waals surface area contributed by atoms with Crippen LogP contribution in [-0.2, 0) is 4.74 Å². The van der Waals surface area contributed by atoms with Gasteiger partial charge in [-0.1, -0.05) is 23.7 Å². The molecule has 2 atom stereocenters. The maximum absolute atomic E-state index is 9.79. The average molecular weight is 271 g/mol. The highest BCUT2D eigenvalue weighted by Crippen LogP contribution is 2.19. The zero-order valence-corrected chi connectivity index (χ0v) is 11.4. The van der Waals surface area contributed by atoms with Crippen molar-refractivity contribution in [3.63, 3.8) is 0 Å². The summed E-state index contributed by atoms with van der Waals surface area (Å²) in [6.45, 7) is 3.10. The number of aliphatic hydroxyl groups excluding tert-OH is 1. The normalized spacial score (nSPS) is 18.6. The van der Waals surface area contributed by atoms with Crippen molar-refractivity contribution in [1.29, 1.82) is 0 Å². The number of quaternary nitrogens is 1. The van der Waals surface area contributed by atoms with Crippen molar-refractivity contribution >= 4 is 11.6 Å². The molecule has 0 heterocycles. The van der Waals surface area contributed by atoms with Crippen molar-refractivity contribution in [3.8, 4) is 0 Å². The van der Waals surface area contributed by atoms with E-state index in [1.54, 1.807) is 0 Å². The van der Waals surface area contributed by atoms with Crippen LogP contribution in [0.25, 0.3) is 0 Å². The number of rotatable bonds is 7. The molecule has 0 spiro atoms. The molecular formula is C14H21ClNO2+. The topological polar surface area (TPSA) is 46.1 Å². The molecule has 0 unspecified atom stereocenters. The molecule has 1 aliphatic rings. The molecule has 0 saturated heterocycles. The van der Waals surface area contributed by atoms with Crippen LogP contribution in [-0.4, -0.2) is 30.4 Å². The highest BCUT2D eigenvalue weighted by molar-refractivity contribution is 6.30. The second-order valence-corrected chi connectivity index (χ2v) is 5.43. The first-order chi connectivity index (χ1) is 8.65. The Morgan fingerprint density at radius 1 is 1.39 bits per heavy atom. The molecule has 4 heteroatoms. The molecule has 100 valence electrons. The molecular weight excluding hydrogens is 250 g/mol. The van der Waals surface area contributed by atoms with Gasteiger partial charge in [0.15, 0.2) is 0 Å². The molecule has 1 saturated carbocycles. The fraction of sp³-hybridized carbons (Fsp3) is 0.571. The highest BCUT2D eigenvalue weighted by Gasteiger charge is 2.26. The van der Waals surface area contributed by atoms with Gasteiger partial charge < -0.3 is 15.2 Å². The van der Waals surface area contributed by atoms with Crippen molar-refractivity contribution < 1.29 is 15.2 Å². The van der Waals surface area contributed by atoms with Crippen molar-refractivity contribution in [2.75, 3.05) is 13.2 Å². The van der Waals surface area contributed by atoms with Crippen molar-refractivity contribution in [1.82, 2.24) is 0 Å². The maximum atomic E-state index is 9.79. The molecule has 0 aromatic heterocycles. The summed E-state index contributed by atoms with van der Waals surface area (Å²) < 4.78 is 5.67. The van der Waals surface area contributed by atoms with Crippen LogP contribution in [0.1, 0.15) is 31.4 Å². The summed E-state index contributed by atoms with van der Waals surface area (Å²) in [5.41, 5.74) is 1.08. The van der Waals surface area contributed by atoms with Crippen LogP contribution in [0.15, 0.2) is 24.3 Å². The number of hydrogen-bond donors (Lipinski definition) is 2. The van der Waals surface area contributed by atoms with Crippen LogP contribution in [0, 0.1) is 0 Å². The Morgan fingerprint density at radius 2 is 2.06 bits per heavy atom. The van der Waals surface area contributed by atoms with E-state index >= 15 is 0 Å². The maximum Gasteiger partial charge on any atom is 0.126 e. The van der Waals surface area contributed by atoms with Gasteiger partial charge in [-0.15, -0.1) is 0 Å². The Hall–Kier alpha value is -0.610. The molecule has 0 aliphatic heterocycles. The quantitative estimate of drug-likeness (QED) is 0.789. The van der Waals surface area contributed by atoms with Gasteiger partial charge in [0.1, 0.15) is 12.6 Å². The van der Waals surface area contributed by atoms with Gasteiger partial charge in [0, 0.05) is 17.9 Å². The van der Waals surface area contributed by atoms with E-state index in [9.17, 15) is 5.11 Å². The van der Waals surface area contributed by atoms with E-state index in [1.165, 1.54) is 12.8 Å². The third-order valence-electron chi connectivity index (χ3n) is 3.24. The Balaban J connectivity index is 1.69. The number of benzene rings is 1. The van der Waals surface area contributed by atoms with E-state index in [-0.39, 0.29) is 12.2 Å². The lowest BCUT2D eigenvalue weighted by atomic mass is 10.1. The molecule has 1 aromatic rings. The molecule has 2 rings (SSSR count). The molecule has 1 fully saturated rings. The second-order valence-electron chi connectivity index (χ2n) is 4.99. The third kappa shape index (κ3) is 4.58. The number of ether oxygens (including phenoxy) is 1. The van der Waals surface area contributed by atoms with Crippen LogP contribution in [0.3, 0.4) is 0 Å². The van der Waals surface area contributed by atoms with E-state index in [2.05, 4.69) is 5.32 Å². The first-order valence-corrected chi connectivity index (χ1v) is 6.91. The monoisotopic (exact) mass is 270 g/mol. The summed E-state index contributed by atoms with van der Waals surface area (Å²) in [7, 11) is 0. The number of hydrogen-bond acceptors (Lipinski definition) is 2. The zero-order chi connectivity index (χ0) is 13.0. The summed E-state index contributed by atoms with van der Waals surface area (Å²) in [4.78, 5) is 0. The standard InChI is InChI=1S/C14H20ClNO2/c1-10(11-2-4-12(15)5-3-11)18-9-14(17)8-16-13-6-7-13/h2-5,10,13-14,16-17H,6-9H2,1H3/p+1/t10-,14+/m0/s1. The van der Waals surface area contributed by atoms with Crippen LogP contribution >= 0.6 is 11.6 Å². The predicted molar refractivity (Wildman–Crippen MR) is 71.6 cm³/mol. The molecule has 0 radical (unpaired) electrons. The SMILES string of the molecule is C[C@H](OC[C@H](O)C[NH2+]C1CC1)c1ccc(Cl)cc1. The molecule has 1 aliphatic carbocycles. The Morgan fingerprint density at radius 3 is 2.67 bits per heavy atom. The summed E-state index contributed by atoms with van der Waals surface area (Å²) in [5, 5.41) is 12.7. The van der Waals surface area contributed by atoms with Gasteiger partial charge in [0.05, 0.1) is 18.8 Å². The van der Waals surface area contributed by atoms with Gasteiger partial charge in [-0.2, -0.15) is 0 Å². The van der Waals surface area contributed by atoms with E-state index in [0.29, 0.717) is 6.61 Å². The van der Waals surface area contributed by atoms with Crippen molar-refractivity contribution in [2.24, 2.45) is 0 Å². The van der Waals surface area contributed by atoms with Gasteiger partial charge in [0.25, 0.3) is 0 Å². The van der Waals surface area contributed by atoms with Gasteiger partial charge >= 0.3 is 0 Å². The van der Waals surface area contributed by atoms with Crippen molar-refractivity contribution in [2.45, 2.75) is 38.0 Å². The minimum Gasteiger partial charge on any atom is -0.385 e. The second kappa shape index (κ2) is 6.53. The van der Waals surface area contributed by atoms with E-state index in [0.717, 1.165) is 23.2 Å². The largest absolute Gasteiger partial charge is 0.385 e. The lowest BCUT2D eigenvalue weighted by Gasteiger charge is -2.16. The Labute approximate surface area is 113 Å². The zero-order valence-electron chi connectivity index (χ0n) is 10.7. The summed E-state index contributed by atoms with van der Waals surface area (Å²) in [5.74, 6) is 0. The summed E-state index contributed by atoms with van der Waals surface area (Å²) >= 11 is 5.84. The lowest BCUT2D eigenvalue weighted by molar-refractivity contribution is -0.674. The Kier molecular flexibility index (Phi) is 5.01. The molecule has 3 nitrogen and oxygen atoms in total. The average Bonchev–Trinajstić information content (AvgIpc) is 3.18. The number of aliphatic hydroxyl groups is 1. The molecule has 3 N–H and O–H groups in total. The van der Waals surface area contributed by atoms with Gasteiger partial charge in [-0.25, -0.2) is 0 Å². The van der Waals surface area contributed by atoms with Crippen LogP contribution < -0.4 is 5.32 Å². The third-order valence-corrected chi connectivity index (χ3v) is 3.49. The van der Waals surface area contributed by atoms with E-state index < -0.39 is 0 Å².